The number of alkyl halides is 1. The summed E-state index contributed by atoms with van der Waals surface area (Å²) < 4.78 is 29.2. The van der Waals surface area contributed by atoms with Crippen molar-refractivity contribution in [2.45, 2.75) is 39.0 Å². The highest BCUT2D eigenvalue weighted by Crippen LogP contribution is 2.28. The number of halogens is 2. The molecule has 5 rings (SSSR count). The lowest BCUT2D eigenvalue weighted by atomic mass is 10.1. The number of hydrogen-bond donors (Lipinski definition) is 2. The summed E-state index contributed by atoms with van der Waals surface area (Å²) in [6.45, 7) is 6.38. The van der Waals surface area contributed by atoms with Crippen LogP contribution in [0.5, 0.6) is 0 Å². The minimum absolute atomic E-state index is 0.278. The van der Waals surface area contributed by atoms with Crippen LogP contribution < -0.4 is 10.2 Å². The number of nitrogens with zero attached hydrogens (tertiary/aromatic N) is 6. The Hall–Kier alpha value is -3.40. The van der Waals surface area contributed by atoms with Crippen molar-refractivity contribution in [3.8, 4) is 11.4 Å². The summed E-state index contributed by atoms with van der Waals surface area (Å²) in [6.07, 6.45) is -0.418. The Morgan fingerprint density at radius 1 is 1.15 bits per heavy atom. The molecule has 0 spiro atoms. The van der Waals surface area contributed by atoms with Gasteiger partial charge >= 0.3 is 0 Å². The number of fused-ring (bicyclic) bond motifs is 2. The average Bonchev–Trinajstić information content (AvgIpc) is 3.37. The molecule has 3 aromatic heterocycles. The molecule has 1 unspecified atom stereocenters. The quantitative estimate of drug-likeness (QED) is 0.478. The second kappa shape index (κ2) is 7.87. The molecular formula is C23H25F2N7O. The molecule has 0 saturated carbocycles. The van der Waals surface area contributed by atoms with E-state index in [4.69, 9.17) is 4.98 Å². The lowest BCUT2D eigenvalue weighted by molar-refractivity contribution is 0.0944. The first-order chi connectivity index (χ1) is 15.7. The summed E-state index contributed by atoms with van der Waals surface area (Å²) in [6, 6.07) is 7.88. The third-order valence-electron chi connectivity index (χ3n) is 5.61. The first-order valence-electron chi connectivity index (χ1n) is 10.9. The molecule has 4 heterocycles. The van der Waals surface area contributed by atoms with Gasteiger partial charge in [-0.3, -0.25) is 0 Å². The highest BCUT2D eigenvalue weighted by Gasteiger charge is 2.25. The summed E-state index contributed by atoms with van der Waals surface area (Å²) in [5, 5.41) is 18.1. The van der Waals surface area contributed by atoms with Gasteiger partial charge in [0.1, 0.15) is 35.0 Å². The van der Waals surface area contributed by atoms with E-state index >= 15 is 0 Å². The number of nitrogens with one attached hydrogen (secondary N) is 1. The van der Waals surface area contributed by atoms with Crippen LogP contribution in [0.4, 0.5) is 20.4 Å². The smallest absolute Gasteiger partial charge is 0.160 e. The molecule has 8 nitrogen and oxygen atoms in total. The molecule has 1 aliphatic rings. The number of aromatic nitrogens is 5. The van der Waals surface area contributed by atoms with Gasteiger partial charge in [0.15, 0.2) is 5.65 Å². The lowest BCUT2D eigenvalue weighted by Crippen LogP contribution is -2.30. The number of benzene rings is 1. The van der Waals surface area contributed by atoms with Crippen LogP contribution >= 0.6 is 0 Å². The fourth-order valence-corrected chi connectivity index (χ4v) is 3.96. The van der Waals surface area contributed by atoms with E-state index in [1.807, 2.05) is 17.9 Å². The molecule has 0 radical (unpaired) electrons. The van der Waals surface area contributed by atoms with E-state index in [1.165, 1.54) is 12.1 Å². The maximum atomic E-state index is 13.8. The van der Waals surface area contributed by atoms with E-state index in [0.717, 1.165) is 0 Å². The third kappa shape index (κ3) is 4.30. The molecule has 0 amide bonds. The standard InChI is InChI=1S/C23H25F2N7O/c1-13-22(28-17-8-14(24)4-5-16(17)27-13)18-9-21-29-20(31-7-6-15(25)11-31)10-19(32(21)30-18)26-12-23(2,3)33/h4-5,8-10,15,26,33H,6-7,11-12H2,1-3H3. The van der Waals surface area contributed by atoms with E-state index in [1.54, 1.807) is 30.5 Å². The van der Waals surface area contributed by atoms with Gasteiger partial charge in [0, 0.05) is 31.3 Å². The van der Waals surface area contributed by atoms with Crippen molar-refractivity contribution in [2.75, 3.05) is 29.9 Å². The molecule has 0 aliphatic carbocycles. The van der Waals surface area contributed by atoms with E-state index in [2.05, 4.69) is 20.4 Å². The van der Waals surface area contributed by atoms with Gasteiger partial charge in [-0.05, 0) is 39.3 Å². The molecule has 1 aromatic carbocycles. The molecule has 1 saturated heterocycles. The predicted molar refractivity (Wildman–Crippen MR) is 123 cm³/mol. The molecule has 1 fully saturated rings. The summed E-state index contributed by atoms with van der Waals surface area (Å²) >= 11 is 0. The average molecular weight is 453 g/mol. The van der Waals surface area contributed by atoms with Gasteiger partial charge in [-0.1, -0.05) is 0 Å². The topological polar surface area (TPSA) is 91.5 Å². The highest BCUT2D eigenvalue weighted by atomic mass is 19.1. The minimum atomic E-state index is -0.950. The molecule has 1 aliphatic heterocycles. The van der Waals surface area contributed by atoms with Crippen LogP contribution in [0.15, 0.2) is 30.3 Å². The van der Waals surface area contributed by atoms with Crippen LogP contribution in [0, 0.1) is 12.7 Å². The monoisotopic (exact) mass is 453 g/mol. The van der Waals surface area contributed by atoms with Crippen LogP contribution in [-0.2, 0) is 0 Å². The van der Waals surface area contributed by atoms with Gasteiger partial charge in [-0.25, -0.2) is 23.7 Å². The summed E-state index contributed by atoms with van der Waals surface area (Å²) in [4.78, 5) is 15.7. The number of anilines is 2. The highest BCUT2D eigenvalue weighted by molar-refractivity contribution is 5.78. The molecule has 172 valence electrons. The molecular weight excluding hydrogens is 428 g/mol. The number of aliphatic hydroxyl groups is 1. The first-order valence-corrected chi connectivity index (χ1v) is 10.9. The fraction of sp³-hybridized carbons (Fsp3) is 0.391. The zero-order valence-electron chi connectivity index (χ0n) is 18.7. The SMILES string of the molecule is Cc1nc2ccc(F)cc2nc1-c1cc2nc(N3CCC(F)C3)cc(NCC(C)(C)O)n2n1. The number of rotatable bonds is 5. The molecule has 33 heavy (non-hydrogen) atoms. The van der Waals surface area contributed by atoms with Crippen LogP contribution in [0.25, 0.3) is 28.1 Å². The zero-order valence-corrected chi connectivity index (χ0v) is 18.7. The van der Waals surface area contributed by atoms with E-state index in [0.29, 0.717) is 58.4 Å². The Labute approximate surface area is 189 Å². The van der Waals surface area contributed by atoms with Crippen molar-refractivity contribution < 1.29 is 13.9 Å². The van der Waals surface area contributed by atoms with Crippen molar-refractivity contribution in [1.29, 1.82) is 0 Å². The first kappa shape index (κ1) is 21.4. The fourth-order valence-electron chi connectivity index (χ4n) is 3.96. The molecule has 10 heteroatoms. The lowest BCUT2D eigenvalue weighted by Gasteiger charge is -2.21. The van der Waals surface area contributed by atoms with Crippen LogP contribution in [-0.4, -0.2) is 61.1 Å². The van der Waals surface area contributed by atoms with Crippen molar-refractivity contribution in [1.82, 2.24) is 24.6 Å². The number of aryl methyl sites for hydroxylation is 1. The van der Waals surface area contributed by atoms with Gasteiger partial charge in [-0.2, -0.15) is 9.61 Å². The Bertz CT molecular complexity index is 1350. The van der Waals surface area contributed by atoms with Crippen molar-refractivity contribution in [3.63, 3.8) is 0 Å². The minimum Gasteiger partial charge on any atom is -0.389 e. The predicted octanol–water partition coefficient (Wildman–Crippen LogP) is 3.52. The zero-order chi connectivity index (χ0) is 23.3. The molecule has 4 aromatic rings. The Balaban J connectivity index is 1.62. The Kier molecular flexibility index (Phi) is 5.12. The third-order valence-corrected chi connectivity index (χ3v) is 5.61. The van der Waals surface area contributed by atoms with Crippen molar-refractivity contribution in [3.05, 3.63) is 41.8 Å². The van der Waals surface area contributed by atoms with Crippen LogP contribution in [0.3, 0.4) is 0 Å². The molecule has 0 bridgehead atoms. The Morgan fingerprint density at radius 3 is 2.70 bits per heavy atom. The largest absolute Gasteiger partial charge is 0.389 e. The summed E-state index contributed by atoms with van der Waals surface area (Å²) in [7, 11) is 0. The van der Waals surface area contributed by atoms with Crippen molar-refractivity contribution in [2.24, 2.45) is 0 Å². The van der Waals surface area contributed by atoms with Gasteiger partial charge < -0.3 is 15.3 Å². The Morgan fingerprint density at radius 2 is 1.97 bits per heavy atom. The van der Waals surface area contributed by atoms with Gasteiger partial charge in [0.05, 0.1) is 28.9 Å². The second-order valence-electron chi connectivity index (χ2n) is 9.09. The van der Waals surface area contributed by atoms with Crippen LogP contribution in [0.2, 0.25) is 0 Å². The van der Waals surface area contributed by atoms with E-state index in [-0.39, 0.29) is 18.9 Å². The summed E-state index contributed by atoms with van der Waals surface area (Å²) in [5.41, 5.74) is 2.35. The van der Waals surface area contributed by atoms with Crippen LogP contribution in [0.1, 0.15) is 26.0 Å². The molecule has 2 N–H and O–H groups in total. The number of hydrogen-bond acceptors (Lipinski definition) is 7. The van der Waals surface area contributed by atoms with E-state index in [9.17, 15) is 13.9 Å². The second-order valence-corrected chi connectivity index (χ2v) is 9.09. The van der Waals surface area contributed by atoms with Gasteiger partial charge in [-0.15, -0.1) is 0 Å². The van der Waals surface area contributed by atoms with Gasteiger partial charge in [0.25, 0.3) is 0 Å². The summed E-state index contributed by atoms with van der Waals surface area (Å²) in [5.74, 6) is 0.863. The van der Waals surface area contributed by atoms with Gasteiger partial charge in [0.2, 0.25) is 0 Å². The molecule has 1 atom stereocenters. The normalized spacial score (nSPS) is 16.8. The maximum Gasteiger partial charge on any atom is 0.160 e. The maximum absolute atomic E-state index is 13.8. The van der Waals surface area contributed by atoms with Crippen molar-refractivity contribution >= 4 is 28.3 Å². The van der Waals surface area contributed by atoms with E-state index < -0.39 is 11.8 Å².